The maximum atomic E-state index is 9.14. The van der Waals surface area contributed by atoms with Crippen molar-refractivity contribution in [1.82, 2.24) is 10.1 Å². The highest BCUT2D eigenvalue weighted by Crippen LogP contribution is 2.21. The Kier molecular flexibility index (Phi) is 4.16. The third-order valence-corrected chi connectivity index (χ3v) is 3.40. The number of hydrogen-bond acceptors (Lipinski definition) is 5. The van der Waals surface area contributed by atoms with E-state index in [4.69, 9.17) is 9.63 Å². The zero-order valence-corrected chi connectivity index (χ0v) is 12.3. The second kappa shape index (κ2) is 6.41. The van der Waals surface area contributed by atoms with Crippen LogP contribution >= 0.6 is 0 Å². The predicted octanol–water partition coefficient (Wildman–Crippen LogP) is 3.15. The van der Waals surface area contributed by atoms with Crippen molar-refractivity contribution in [3.05, 3.63) is 65.5 Å². The zero-order chi connectivity index (χ0) is 15.4. The van der Waals surface area contributed by atoms with Gasteiger partial charge < -0.3 is 14.9 Å². The fourth-order valence-electron chi connectivity index (χ4n) is 2.21. The first-order valence-electron chi connectivity index (χ1n) is 7.08. The van der Waals surface area contributed by atoms with Crippen LogP contribution in [0.5, 0.6) is 0 Å². The molecular formula is C17H17N3O2. The van der Waals surface area contributed by atoms with Gasteiger partial charge in [0.1, 0.15) is 0 Å². The Balaban J connectivity index is 1.71. The van der Waals surface area contributed by atoms with Crippen molar-refractivity contribution in [1.29, 1.82) is 0 Å². The Hall–Kier alpha value is -2.66. The SMILES string of the molecule is Cc1ccccc1-c1nc(CNc2cccc(CO)c2)no1. The third-order valence-electron chi connectivity index (χ3n) is 3.40. The average Bonchev–Trinajstić information content (AvgIpc) is 3.02. The van der Waals surface area contributed by atoms with Crippen LogP contribution in [0.1, 0.15) is 17.0 Å². The molecule has 5 nitrogen and oxygen atoms in total. The lowest BCUT2D eigenvalue weighted by Crippen LogP contribution is -2.01. The summed E-state index contributed by atoms with van der Waals surface area (Å²) in [5.74, 6) is 1.12. The Labute approximate surface area is 128 Å². The van der Waals surface area contributed by atoms with Crippen LogP contribution in [-0.4, -0.2) is 15.2 Å². The van der Waals surface area contributed by atoms with E-state index in [9.17, 15) is 0 Å². The minimum absolute atomic E-state index is 0.0230. The Bertz CT molecular complexity index is 768. The fraction of sp³-hybridized carbons (Fsp3) is 0.176. The predicted molar refractivity (Wildman–Crippen MR) is 84.2 cm³/mol. The zero-order valence-electron chi connectivity index (χ0n) is 12.3. The first-order chi connectivity index (χ1) is 10.8. The number of aryl methyl sites for hydroxylation is 1. The van der Waals surface area contributed by atoms with Gasteiger partial charge in [-0.25, -0.2) is 0 Å². The van der Waals surface area contributed by atoms with E-state index in [1.54, 1.807) is 0 Å². The van der Waals surface area contributed by atoms with Gasteiger partial charge in [-0.05, 0) is 36.2 Å². The van der Waals surface area contributed by atoms with Gasteiger partial charge in [-0.15, -0.1) is 0 Å². The van der Waals surface area contributed by atoms with Crippen molar-refractivity contribution in [3.63, 3.8) is 0 Å². The normalized spacial score (nSPS) is 10.6. The molecular weight excluding hydrogens is 278 g/mol. The van der Waals surface area contributed by atoms with Crippen LogP contribution in [0.3, 0.4) is 0 Å². The topological polar surface area (TPSA) is 71.2 Å². The highest BCUT2D eigenvalue weighted by Gasteiger charge is 2.10. The summed E-state index contributed by atoms with van der Waals surface area (Å²) in [5.41, 5.74) is 3.82. The number of rotatable bonds is 5. The quantitative estimate of drug-likeness (QED) is 0.756. The molecule has 3 rings (SSSR count). The molecule has 0 saturated carbocycles. The molecule has 0 spiro atoms. The summed E-state index contributed by atoms with van der Waals surface area (Å²) in [6.07, 6.45) is 0. The molecule has 5 heteroatoms. The Morgan fingerprint density at radius 1 is 1.14 bits per heavy atom. The molecule has 0 atom stereocenters. The molecule has 0 aliphatic heterocycles. The van der Waals surface area contributed by atoms with Gasteiger partial charge in [-0.2, -0.15) is 4.98 Å². The molecule has 2 aromatic carbocycles. The first-order valence-corrected chi connectivity index (χ1v) is 7.08. The molecule has 0 aliphatic rings. The highest BCUT2D eigenvalue weighted by molar-refractivity contribution is 5.57. The summed E-state index contributed by atoms with van der Waals surface area (Å²) in [4.78, 5) is 4.41. The van der Waals surface area contributed by atoms with E-state index in [-0.39, 0.29) is 6.61 Å². The van der Waals surface area contributed by atoms with Crippen molar-refractivity contribution in [2.45, 2.75) is 20.1 Å². The van der Waals surface area contributed by atoms with Crippen LogP contribution in [0.15, 0.2) is 53.1 Å². The van der Waals surface area contributed by atoms with Crippen molar-refractivity contribution in [2.75, 3.05) is 5.32 Å². The van der Waals surface area contributed by atoms with Gasteiger partial charge in [0.05, 0.1) is 13.2 Å². The average molecular weight is 295 g/mol. The molecule has 3 aromatic rings. The summed E-state index contributed by atoms with van der Waals surface area (Å²) in [7, 11) is 0. The molecule has 0 unspecified atom stereocenters. The van der Waals surface area contributed by atoms with Gasteiger partial charge in [0, 0.05) is 11.3 Å². The van der Waals surface area contributed by atoms with Gasteiger partial charge >= 0.3 is 0 Å². The van der Waals surface area contributed by atoms with E-state index in [2.05, 4.69) is 15.5 Å². The lowest BCUT2D eigenvalue weighted by molar-refractivity contribution is 0.282. The van der Waals surface area contributed by atoms with Crippen molar-refractivity contribution < 1.29 is 9.63 Å². The summed E-state index contributed by atoms with van der Waals surface area (Å²) in [6, 6.07) is 15.5. The monoisotopic (exact) mass is 295 g/mol. The Morgan fingerprint density at radius 3 is 2.82 bits per heavy atom. The van der Waals surface area contributed by atoms with Gasteiger partial charge in [0.25, 0.3) is 5.89 Å². The number of anilines is 1. The lowest BCUT2D eigenvalue weighted by Gasteiger charge is -2.04. The van der Waals surface area contributed by atoms with Gasteiger partial charge in [0.2, 0.25) is 0 Å². The molecule has 1 heterocycles. The van der Waals surface area contributed by atoms with Crippen LogP contribution < -0.4 is 5.32 Å². The van der Waals surface area contributed by atoms with Gasteiger partial charge in [0.15, 0.2) is 5.82 Å². The molecule has 1 aromatic heterocycles. The molecule has 112 valence electrons. The van der Waals surface area contributed by atoms with Crippen LogP contribution in [0.25, 0.3) is 11.5 Å². The molecule has 2 N–H and O–H groups in total. The van der Waals surface area contributed by atoms with Crippen molar-refractivity contribution >= 4 is 5.69 Å². The summed E-state index contributed by atoms with van der Waals surface area (Å²) >= 11 is 0. The van der Waals surface area contributed by atoms with Crippen LogP contribution in [0, 0.1) is 6.92 Å². The van der Waals surface area contributed by atoms with E-state index in [1.807, 2.05) is 55.5 Å². The summed E-state index contributed by atoms with van der Waals surface area (Å²) in [5, 5.41) is 16.3. The number of nitrogens with one attached hydrogen (secondary N) is 1. The maximum absolute atomic E-state index is 9.14. The molecule has 0 saturated heterocycles. The minimum Gasteiger partial charge on any atom is -0.392 e. The summed E-state index contributed by atoms with van der Waals surface area (Å²) in [6.45, 7) is 2.50. The van der Waals surface area contributed by atoms with Crippen molar-refractivity contribution in [3.8, 4) is 11.5 Å². The van der Waals surface area contributed by atoms with E-state index in [1.165, 1.54) is 0 Å². The molecule has 22 heavy (non-hydrogen) atoms. The molecule has 0 amide bonds. The largest absolute Gasteiger partial charge is 0.392 e. The Morgan fingerprint density at radius 2 is 2.00 bits per heavy atom. The fourth-order valence-corrected chi connectivity index (χ4v) is 2.21. The van der Waals surface area contributed by atoms with E-state index >= 15 is 0 Å². The van der Waals surface area contributed by atoms with Crippen LogP contribution in [-0.2, 0) is 13.2 Å². The molecule has 0 aliphatic carbocycles. The van der Waals surface area contributed by atoms with E-state index in [0.717, 1.165) is 22.4 Å². The smallest absolute Gasteiger partial charge is 0.258 e. The third kappa shape index (κ3) is 3.15. The first kappa shape index (κ1) is 14.3. The molecule has 0 fully saturated rings. The van der Waals surface area contributed by atoms with Crippen molar-refractivity contribution in [2.24, 2.45) is 0 Å². The number of nitrogens with zero attached hydrogens (tertiary/aromatic N) is 2. The number of hydrogen-bond donors (Lipinski definition) is 2. The number of aliphatic hydroxyl groups excluding tert-OH is 1. The van der Waals surface area contributed by atoms with E-state index in [0.29, 0.717) is 18.3 Å². The molecule has 0 radical (unpaired) electrons. The highest BCUT2D eigenvalue weighted by atomic mass is 16.5. The number of benzene rings is 2. The second-order valence-electron chi connectivity index (χ2n) is 5.04. The van der Waals surface area contributed by atoms with Crippen LogP contribution in [0.4, 0.5) is 5.69 Å². The van der Waals surface area contributed by atoms with Gasteiger partial charge in [-0.3, -0.25) is 0 Å². The molecule has 0 bridgehead atoms. The van der Waals surface area contributed by atoms with Gasteiger partial charge in [-0.1, -0.05) is 35.5 Å². The maximum Gasteiger partial charge on any atom is 0.258 e. The standard InChI is InChI=1S/C17H17N3O2/c1-12-5-2-3-8-15(12)17-19-16(20-22-17)10-18-14-7-4-6-13(9-14)11-21/h2-9,18,21H,10-11H2,1H3. The number of aromatic nitrogens is 2. The lowest BCUT2D eigenvalue weighted by atomic mass is 10.1. The second-order valence-corrected chi connectivity index (χ2v) is 5.04. The minimum atomic E-state index is 0.0230. The van der Waals surface area contributed by atoms with E-state index < -0.39 is 0 Å². The summed E-state index contributed by atoms with van der Waals surface area (Å²) < 4.78 is 5.32. The number of aliphatic hydroxyl groups is 1. The van der Waals surface area contributed by atoms with Crippen LogP contribution in [0.2, 0.25) is 0 Å².